The highest BCUT2D eigenvalue weighted by atomic mass is 35.5. The molecule has 0 heterocycles. The second-order valence-electron chi connectivity index (χ2n) is 4.51. The third-order valence-corrected chi connectivity index (χ3v) is 3.17. The van der Waals surface area contributed by atoms with E-state index in [9.17, 15) is 5.11 Å². The first kappa shape index (κ1) is 15.5. The molecule has 0 unspecified atom stereocenters. The monoisotopic (exact) mass is 295 g/mol. The first-order valence-electron chi connectivity index (χ1n) is 5.13. The highest BCUT2D eigenvalue weighted by Gasteiger charge is 2.40. The minimum Gasteiger partial charge on any atom is -0.506 e. The van der Waals surface area contributed by atoms with E-state index in [1.54, 1.807) is 0 Å². The number of halogens is 2. The van der Waals surface area contributed by atoms with Gasteiger partial charge in [-0.15, -0.1) is 0 Å². The summed E-state index contributed by atoms with van der Waals surface area (Å²) in [7, 11) is 0. The van der Waals surface area contributed by atoms with Crippen LogP contribution in [0, 0.1) is 0 Å². The first-order chi connectivity index (χ1) is 8.04. The van der Waals surface area contributed by atoms with Crippen molar-refractivity contribution >= 4 is 23.2 Å². The van der Waals surface area contributed by atoms with Crippen LogP contribution in [0.4, 0.5) is 0 Å². The van der Waals surface area contributed by atoms with Crippen molar-refractivity contribution in [1.29, 1.82) is 0 Å². The Balaban J connectivity index is 2.88. The molecule has 0 spiro atoms. The number of aromatic hydroxyl groups is 1. The Labute approximate surface area is 115 Å². The Morgan fingerprint density at radius 3 is 2.22 bits per heavy atom. The molecule has 0 radical (unpaired) electrons. The van der Waals surface area contributed by atoms with Crippen LogP contribution in [0.5, 0.6) is 5.75 Å². The third-order valence-electron chi connectivity index (χ3n) is 2.67. The predicted molar refractivity (Wildman–Crippen MR) is 68.4 cm³/mol. The molecule has 0 aliphatic carbocycles. The second kappa shape index (κ2) is 5.21. The minimum atomic E-state index is -2.90. The van der Waals surface area contributed by atoms with E-state index in [1.165, 1.54) is 26.0 Å². The molecule has 0 amide bonds. The van der Waals surface area contributed by atoms with Gasteiger partial charge in [-0.1, -0.05) is 23.2 Å². The largest absolute Gasteiger partial charge is 0.506 e. The third kappa shape index (κ3) is 3.47. The highest BCUT2D eigenvalue weighted by Crippen LogP contribution is 2.31. The van der Waals surface area contributed by atoms with Crippen molar-refractivity contribution in [2.24, 2.45) is 0 Å². The first-order valence-corrected chi connectivity index (χ1v) is 5.89. The van der Waals surface area contributed by atoms with Gasteiger partial charge in [0.05, 0.1) is 10.6 Å². The number of hydrogen-bond acceptors (Lipinski definition) is 5. The van der Waals surface area contributed by atoms with Gasteiger partial charge in [0.15, 0.2) is 0 Å². The minimum absolute atomic E-state index is 0.0442. The van der Waals surface area contributed by atoms with Crippen LogP contribution in [-0.4, -0.2) is 31.9 Å². The molecule has 1 aromatic carbocycles. The van der Waals surface area contributed by atoms with Crippen molar-refractivity contribution < 1.29 is 20.4 Å². The number of phenols is 1. The van der Waals surface area contributed by atoms with Crippen LogP contribution in [-0.2, 0) is 6.54 Å². The van der Waals surface area contributed by atoms with Crippen LogP contribution in [0.1, 0.15) is 19.4 Å². The van der Waals surface area contributed by atoms with Crippen molar-refractivity contribution in [3.8, 4) is 5.75 Å². The zero-order chi connectivity index (χ0) is 14.1. The smallest absolute Gasteiger partial charge is 0.294 e. The van der Waals surface area contributed by atoms with E-state index in [4.69, 9.17) is 38.5 Å². The van der Waals surface area contributed by atoms with E-state index >= 15 is 0 Å². The average Bonchev–Trinajstić information content (AvgIpc) is 2.19. The highest BCUT2D eigenvalue weighted by molar-refractivity contribution is 6.35. The lowest BCUT2D eigenvalue weighted by atomic mass is 10.0. The number of aliphatic hydroxyl groups is 3. The van der Waals surface area contributed by atoms with E-state index in [1.807, 2.05) is 0 Å². The maximum Gasteiger partial charge on any atom is 0.294 e. The molecule has 5 N–H and O–H groups in total. The summed E-state index contributed by atoms with van der Waals surface area (Å²) in [5.74, 6) is -3.05. The molecule has 5 nitrogen and oxygen atoms in total. The van der Waals surface area contributed by atoms with Gasteiger partial charge in [0.1, 0.15) is 5.75 Å². The van der Waals surface area contributed by atoms with E-state index in [0.717, 1.165) is 0 Å². The fourth-order valence-corrected chi connectivity index (χ4v) is 1.72. The molecule has 102 valence electrons. The van der Waals surface area contributed by atoms with Gasteiger partial charge in [0, 0.05) is 17.1 Å². The quantitative estimate of drug-likeness (QED) is 0.538. The molecular formula is C11H15Cl2NO4. The average molecular weight is 296 g/mol. The maximum absolute atomic E-state index is 9.70. The molecule has 0 bridgehead atoms. The van der Waals surface area contributed by atoms with Crippen molar-refractivity contribution in [3.05, 3.63) is 27.7 Å². The number of nitrogens with one attached hydrogen (secondary N) is 1. The van der Waals surface area contributed by atoms with Crippen LogP contribution in [0.3, 0.4) is 0 Å². The Hall–Kier alpha value is -0.560. The Kier molecular flexibility index (Phi) is 4.48. The van der Waals surface area contributed by atoms with Crippen LogP contribution >= 0.6 is 23.2 Å². The molecule has 0 saturated carbocycles. The summed E-state index contributed by atoms with van der Waals surface area (Å²) in [5.41, 5.74) is -1.03. The van der Waals surface area contributed by atoms with Gasteiger partial charge in [-0.2, -0.15) is 0 Å². The van der Waals surface area contributed by atoms with Gasteiger partial charge >= 0.3 is 0 Å². The lowest BCUT2D eigenvalue weighted by Crippen LogP contribution is -2.58. The van der Waals surface area contributed by atoms with Crippen molar-refractivity contribution in [2.45, 2.75) is 31.9 Å². The van der Waals surface area contributed by atoms with Crippen LogP contribution in [0.25, 0.3) is 0 Å². The van der Waals surface area contributed by atoms with Gasteiger partial charge < -0.3 is 25.7 Å². The number of benzene rings is 1. The summed E-state index contributed by atoms with van der Waals surface area (Å²) in [6, 6.07) is 2.88. The predicted octanol–water partition coefficient (Wildman–Crippen LogP) is 1.20. The summed E-state index contributed by atoms with van der Waals surface area (Å²) >= 11 is 11.5. The fourth-order valence-electron chi connectivity index (χ4n) is 1.19. The van der Waals surface area contributed by atoms with E-state index < -0.39 is 11.5 Å². The van der Waals surface area contributed by atoms with Gasteiger partial charge in [-0.05, 0) is 26.0 Å². The SMILES string of the molecule is CC(C)(NCc1cc(Cl)cc(Cl)c1O)C(O)(O)O. The standard InChI is InChI=1S/C11H15Cl2NO4/c1-10(2,11(16,17)18)14-5-6-3-7(12)4-8(13)9(6)15/h3-4,14-18H,5H2,1-2H3. The molecule has 7 heteroatoms. The molecule has 0 aromatic heterocycles. The number of phenolic OH excluding ortho intramolecular Hbond substituents is 1. The van der Waals surface area contributed by atoms with Gasteiger partial charge in [0.25, 0.3) is 5.97 Å². The molecule has 0 aliphatic rings. The maximum atomic E-state index is 9.70. The molecule has 0 atom stereocenters. The molecule has 0 fully saturated rings. The van der Waals surface area contributed by atoms with Gasteiger partial charge in [-0.3, -0.25) is 0 Å². The molecule has 0 saturated heterocycles. The Bertz CT molecular complexity index is 443. The van der Waals surface area contributed by atoms with E-state index in [-0.39, 0.29) is 17.3 Å². The topological polar surface area (TPSA) is 93.0 Å². The lowest BCUT2D eigenvalue weighted by molar-refractivity contribution is -0.348. The molecule has 0 aliphatic heterocycles. The van der Waals surface area contributed by atoms with Crippen molar-refractivity contribution in [2.75, 3.05) is 0 Å². The zero-order valence-corrected chi connectivity index (χ0v) is 11.4. The number of rotatable bonds is 4. The van der Waals surface area contributed by atoms with E-state index in [2.05, 4.69) is 5.32 Å². The molecular weight excluding hydrogens is 281 g/mol. The molecule has 1 aromatic rings. The Morgan fingerprint density at radius 1 is 1.17 bits per heavy atom. The van der Waals surface area contributed by atoms with Gasteiger partial charge in [0.2, 0.25) is 0 Å². The second-order valence-corrected chi connectivity index (χ2v) is 5.35. The summed E-state index contributed by atoms with van der Waals surface area (Å²) in [4.78, 5) is 0. The molecule has 18 heavy (non-hydrogen) atoms. The lowest BCUT2D eigenvalue weighted by Gasteiger charge is -2.34. The summed E-state index contributed by atoms with van der Waals surface area (Å²) in [5, 5.41) is 40.2. The van der Waals surface area contributed by atoms with Crippen LogP contribution in [0.2, 0.25) is 10.0 Å². The summed E-state index contributed by atoms with van der Waals surface area (Å²) in [6.45, 7) is 2.81. The fraction of sp³-hybridized carbons (Fsp3) is 0.455. The number of hydrogen-bond donors (Lipinski definition) is 5. The van der Waals surface area contributed by atoms with E-state index in [0.29, 0.717) is 10.6 Å². The van der Waals surface area contributed by atoms with Crippen LogP contribution < -0.4 is 5.32 Å². The normalized spacial score (nSPS) is 12.8. The van der Waals surface area contributed by atoms with Gasteiger partial charge in [-0.25, -0.2) is 0 Å². The van der Waals surface area contributed by atoms with Crippen molar-refractivity contribution in [3.63, 3.8) is 0 Å². The Morgan fingerprint density at radius 2 is 1.72 bits per heavy atom. The van der Waals surface area contributed by atoms with Crippen LogP contribution in [0.15, 0.2) is 12.1 Å². The summed E-state index contributed by atoms with van der Waals surface area (Å²) < 4.78 is 0. The van der Waals surface area contributed by atoms with Crippen molar-refractivity contribution in [1.82, 2.24) is 5.32 Å². The zero-order valence-electron chi connectivity index (χ0n) is 9.91. The summed E-state index contributed by atoms with van der Waals surface area (Å²) in [6.07, 6.45) is 0. The molecule has 1 rings (SSSR count).